The number of benzene rings is 1. The first-order valence-electron chi connectivity index (χ1n) is 6.76. The van der Waals surface area contributed by atoms with Crippen LogP contribution in [0.4, 0.5) is 0 Å². The van der Waals surface area contributed by atoms with Gasteiger partial charge in [0.15, 0.2) is 0 Å². The molecule has 0 amide bonds. The molecule has 0 radical (unpaired) electrons. The van der Waals surface area contributed by atoms with Crippen LogP contribution in [0.15, 0.2) is 23.1 Å². The molecule has 0 spiro atoms. The van der Waals surface area contributed by atoms with E-state index < -0.39 is 15.6 Å². The molecule has 1 aliphatic rings. The maximum Gasteiger partial charge on any atom is 0.241 e. The first kappa shape index (κ1) is 16.4. The molecule has 7 heteroatoms. The minimum absolute atomic E-state index is 0.245. The maximum atomic E-state index is 12.6. The Hall–Kier alpha value is -1.02. The van der Waals surface area contributed by atoms with Crippen molar-refractivity contribution in [2.75, 3.05) is 13.2 Å². The van der Waals surface area contributed by atoms with Crippen LogP contribution >= 0.6 is 12.2 Å². The number of nitrogens with two attached hydrogens (primary N) is 1. The van der Waals surface area contributed by atoms with Crippen LogP contribution in [0.2, 0.25) is 0 Å². The Kier molecular flexibility index (Phi) is 4.67. The first-order valence-corrected chi connectivity index (χ1v) is 8.65. The van der Waals surface area contributed by atoms with Gasteiger partial charge in [-0.1, -0.05) is 18.3 Å². The summed E-state index contributed by atoms with van der Waals surface area (Å²) in [5.41, 5.74) is 6.28. The Labute approximate surface area is 130 Å². The van der Waals surface area contributed by atoms with Crippen molar-refractivity contribution in [1.82, 2.24) is 4.72 Å². The van der Waals surface area contributed by atoms with E-state index in [2.05, 4.69) is 4.72 Å². The second-order valence-corrected chi connectivity index (χ2v) is 7.76. The summed E-state index contributed by atoms with van der Waals surface area (Å²) in [4.78, 5) is 0.497. The number of aryl methyl sites for hydroxylation is 1. The minimum atomic E-state index is -3.61. The maximum absolute atomic E-state index is 12.6. The molecule has 3 N–H and O–H groups in total. The number of thiocarbonyl (C=S) groups is 1. The number of hydrogen-bond acceptors (Lipinski definition) is 4. The van der Waals surface area contributed by atoms with Crippen LogP contribution in [0.5, 0.6) is 0 Å². The number of ether oxygens (including phenoxy) is 1. The summed E-state index contributed by atoms with van der Waals surface area (Å²) in [5, 5.41) is 0. The molecule has 1 aromatic carbocycles. The molecule has 1 atom stereocenters. The van der Waals surface area contributed by atoms with E-state index in [1.807, 2.05) is 6.92 Å². The fraction of sp³-hybridized carbons (Fsp3) is 0.500. The van der Waals surface area contributed by atoms with Crippen LogP contribution in [0.25, 0.3) is 0 Å². The largest absolute Gasteiger partial charge is 0.389 e. The molecule has 0 aliphatic carbocycles. The van der Waals surface area contributed by atoms with Crippen molar-refractivity contribution in [1.29, 1.82) is 0 Å². The number of hydrogen-bond donors (Lipinski definition) is 2. The third kappa shape index (κ3) is 3.79. The first-order chi connectivity index (χ1) is 9.73. The third-order valence-electron chi connectivity index (χ3n) is 3.57. The standard InChI is InChI=1S/C14H20N2O3S2/c1-10-8-11(13(15)20)4-5-12(10)21(17,18)16-14(2)6-3-7-19-9-14/h4-5,8,16H,3,6-7,9H2,1-2H3,(H2,15,20). The lowest BCUT2D eigenvalue weighted by atomic mass is 9.97. The topological polar surface area (TPSA) is 81.4 Å². The van der Waals surface area contributed by atoms with Crippen LogP contribution in [0.1, 0.15) is 30.9 Å². The Bertz CT molecular complexity index is 650. The zero-order valence-corrected chi connectivity index (χ0v) is 13.8. The third-order valence-corrected chi connectivity index (χ3v) is 5.60. The zero-order chi connectivity index (χ0) is 15.7. The molecule has 0 bridgehead atoms. The molecular formula is C14H20N2O3S2. The van der Waals surface area contributed by atoms with Gasteiger partial charge in [0.25, 0.3) is 0 Å². The van der Waals surface area contributed by atoms with Crippen molar-refractivity contribution in [2.24, 2.45) is 5.73 Å². The molecule has 5 nitrogen and oxygen atoms in total. The van der Waals surface area contributed by atoms with E-state index in [4.69, 9.17) is 22.7 Å². The molecule has 0 aromatic heterocycles. The molecule has 1 unspecified atom stereocenters. The molecule has 1 aliphatic heterocycles. The quantitative estimate of drug-likeness (QED) is 0.818. The molecule has 1 aromatic rings. The Morgan fingerprint density at radius 2 is 2.19 bits per heavy atom. The Morgan fingerprint density at radius 1 is 1.48 bits per heavy atom. The second-order valence-electron chi connectivity index (χ2n) is 5.67. The molecule has 0 saturated carbocycles. The van der Waals surface area contributed by atoms with Gasteiger partial charge < -0.3 is 10.5 Å². The van der Waals surface area contributed by atoms with Gasteiger partial charge in [0, 0.05) is 12.2 Å². The lowest BCUT2D eigenvalue weighted by molar-refractivity contribution is 0.0386. The van der Waals surface area contributed by atoms with Crippen molar-refractivity contribution < 1.29 is 13.2 Å². The van der Waals surface area contributed by atoms with Gasteiger partial charge in [-0.25, -0.2) is 13.1 Å². The van der Waals surface area contributed by atoms with Crippen LogP contribution in [0, 0.1) is 6.92 Å². The predicted octanol–water partition coefficient (Wildman–Crippen LogP) is 1.48. The highest BCUT2D eigenvalue weighted by Crippen LogP contribution is 2.23. The van der Waals surface area contributed by atoms with Gasteiger partial charge in [-0.3, -0.25) is 0 Å². The molecule has 1 heterocycles. The van der Waals surface area contributed by atoms with Gasteiger partial charge >= 0.3 is 0 Å². The van der Waals surface area contributed by atoms with Crippen molar-refractivity contribution in [3.05, 3.63) is 29.3 Å². The van der Waals surface area contributed by atoms with Crippen LogP contribution in [-0.4, -0.2) is 32.2 Å². The number of sulfonamides is 1. The molecule has 1 fully saturated rings. The van der Waals surface area contributed by atoms with Gasteiger partial charge in [-0.15, -0.1) is 0 Å². The monoisotopic (exact) mass is 328 g/mol. The highest BCUT2D eigenvalue weighted by molar-refractivity contribution is 7.89. The van der Waals surface area contributed by atoms with Crippen molar-refractivity contribution in [3.8, 4) is 0 Å². The second kappa shape index (κ2) is 6.00. The normalized spacial score (nSPS) is 23.0. The van der Waals surface area contributed by atoms with Crippen molar-refractivity contribution in [2.45, 2.75) is 37.1 Å². The lowest BCUT2D eigenvalue weighted by Gasteiger charge is -2.34. The average molecular weight is 328 g/mol. The van der Waals surface area contributed by atoms with Crippen molar-refractivity contribution >= 4 is 27.2 Å². The highest BCUT2D eigenvalue weighted by atomic mass is 32.2. The smallest absolute Gasteiger partial charge is 0.241 e. The molecular weight excluding hydrogens is 308 g/mol. The van der Waals surface area contributed by atoms with Crippen LogP contribution in [-0.2, 0) is 14.8 Å². The van der Waals surface area contributed by atoms with E-state index in [-0.39, 0.29) is 9.88 Å². The summed E-state index contributed by atoms with van der Waals surface area (Å²) in [6.45, 7) is 4.66. The van der Waals surface area contributed by atoms with Crippen molar-refractivity contribution in [3.63, 3.8) is 0 Å². The SMILES string of the molecule is Cc1cc(C(N)=S)ccc1S(=O)(=O)NC1(C)CCCOC1. The van der Waals surface area contributed by atoms with E-state index in [1.165, 1.54) is 0 Å². The molecule has 116 valence electrons. The van der Waals surface area contributed by atoms with Crippen LogP contribution < -0.4 is 10.5 Å². The van der Waals surface area contributed by atoms with E-state index in [9.17, 15) is 8.42 Å². The van der Waals surface area contributed by atoms with Gasteiger partial charge in [-0.2, -0.15) is 0 Å². The average Bonchev–Trinajstić information content (AvgIpc) is 2.37. The molecule has 2 rings (SSSR count). The summed E-state index contributed by atoms with van der Waals surface area (Å²) < 4.78 is 33.3. The van der Waals surface area contributed by atoms with E-state index in [1.54, 1.807) is 25.1 Å². The van der Waals surface area contributed by atoms with Gasteiger partial charge in [0.05, 0.1) is 17.0 Å². The zero-order valence-electron chi connectivity index (χ0n) is 12.2. The van der Waals surface area contributed by atoms with Crippen LogP contribution in [0.3, 0.4) is 0 Å². The highest BCUT2D eigenvalue weighted by Gasteiger charge is 2.33. The summed E-state index contributed by atoms with van der Waals surface area (Å²) in [6, 6.07) is 4.86. The molecule has 1 saturated heterocycles. The Morgan fingerprint density at radius 3 is 2.71 bits per heavy atom. The summed E-state index contributed by atoms with van der Waals surface area (Å²) in [5.74, 6) is 0. The van der Waals surface area contributed by atoms with E-state index in [0.717, 1.165) is 12.8 Å². The predicted molar refractivity (Wildman–Crippen MR) is 85.8 cm³/mol. The van der Waals surface area contributed by atoms with Gasteiger partial charge in [0.1, 0.15) is 4.99 Å². The summed E-state index contributed by atoms with van der Waals surface area (Å²) >= 11 is 4.90. The van der Waals surface area contributed by atoms with E-state index in [0.29, 0.717) is 24.3 Å². The fourth-order valence-corrected chi connectivity index (χ4v) is 4.27. The summed E-state index contributed by atoms with van der Waals surface area (Å²) in [6.07, 6.45) is 1.61. The lowest BCUT2D eigenvalue weighted by Crippen LogP contribution is -2.51. The fourth-order valence-electron chi connectivity index (χ4n) is 2.50. The van der Waals surface area contributed by atoms with Gasteiger partial charge in [0.2, 0.25) is 10.0 Å². The van der Waals surface area contributed by atoms with E-state index >= 15 is 0 Å². The Balaban J connectivity index is 2.29. The minimum Gasteiger partial charge on any atom is -0.389 e. The van der Waals surface area contributed by atoms with Gasteiger partial charge in [-0.05, 0) is 44.4 Å². The number of nitrogens with one attached hydrogen (secondary N) is 1. The molecule has 21 heavy (non-hydrogen) atoms. The number of rotatable bonds is 4. The summed E-state index contributed by atoms with van der Waals surface area (Å²) in [7, 11) is -3.61.